The third kappa shape index (κ3) is 2.76. The van der Waals surface area contributed by atoms with Crippen molar-refractivity contribution in [2.45, 2.75) is 20.4 Å². The minimum Gasteiger partial charge on any atom is -0.348 e. The molecule has 0 aromatic carbocycles. The average molecular weight is 279 g/mol. The summed E-state index contributed by atoms with van der Waals surface area (Å²) in [5.41, 5.74) is 3.35. The van der Waals surface area contributed by atoms with E-state index in [9.17, 15) is 4.79 Å². The summed E-state index contributed by atoms with van der Waals surface area (Å²) >= 11 is 5.95. The molecule has 100 valence electrons. The van der Waals surface area contributed by atoms with E-state index in [1.54, 1.807) is 16.9 Å². The Labute approximate surface area is 116 Å². The fourth-order valence-corrected chi connectivity index (χ4v) is 2.07. The molecule has 1 N–H and O–H groups in total. The summed E-state index contributed by atoms with van der Waals surface area (Å²) in [6.07, 6.45) is 3.01. The quantitative estimate of drug-likeness (QED) is 0.934. The van der Waals surface area contributed by atoms with Crippen LogP contribution in [0.25, 0.3) is 0 Å². The Bertz CT molecular complexity index is 621. The van der Waals surface area contributed by atoms with Gasteiger partial charge in [0.25, 0.3) is 5.91 Å². The zero-order valence-electron chi connectivity index (χ0n) is 11.1. The molecule has 0 fully saturated rings. The van der Waals surface area contributed by atoms with Gasteiger partial charge in [-0.15, -0.1) is 0 Å². The Morgan fingerprint density at radius 3 is 2.79 bits per heavy atom. The Hall–Kier alpha value is -1.88. The van der Waals surface area contributed by atoms with Crippen molar-refractivity contribution in [3.05, 3.63) is 46.0 Å². The van der Waals surface area contributed by atoms with Crippen molar-refractivity contribution in [1.82, 2.24) is 20.1 Å². The minimum absolute atomic E-state index is 0.235. The molecule has 2 heterocycles. The molecule has 0 saturated carbocycles. The van der Waals surface area contributed by atoms with E-state index in [0.29, 0.717) is 17.1 Å². The standard InChI is InChI=1S/C13H15ClN4O/c1-8-10(9(2)18(3)17-8)7-16-13(19)11-6-15-5-4-12(11)14/h4-6H,7H2,1-3H3,(H,16,19). The van der Waals surface area contributed by atoms with E-state index in [1.165, 1.54) is 6.20 Å². The number of aryl methyl sites for hydroxylation is 2. The van der Waals surface area contributed by atoms with E-state index in [4.69, 9.17) is 11.6 Å². The SMILES string of the molecule is Cc1nn(C)c(C)c1CNC(=O)c1cnccc1Cl. The summed E-state index contributed by atoms with van der Waals surface area (Å²) in [5, 5.41) is 7.54. The van der Waals surface area contributed by atoms with Gasteiger partial charge >= 0.3 is 0 Å². The molecule has 5 nitrogen and oxygen atoms in total. The molecule has 0 atom stereocenters. The first-order valence-corrected chi connectivity index (χ1v) is 6.25. The molecular formula is C13H15ClN4O. The molecule has 6 heteroatoms. The first-order chi connectivity index (χ1) is 9.00. The van der Waals surface area contributed by atoms with Crippen LogP contribution in [0.2, 0.25) is 5.02 Å². The van der Waals surface area contributed by atoms with Crippen molar-refractivity contribution in [1.29, 1.82) is 0 Å². The van der Waals surface area contributed by atoms with Crippen molar-refractivity contribution in [3.8, 4) is 0 Å². The van der Waals surface area contributed by atoms with Gasteiger partial charge in [0.05, 0.1) is 16.3 Å². The van der Waals surface area contributed by atoms with Gasteiger partial charge in [-0.05, 0) is 19.9 Å². The molecular weight excluding hydrogens is 264 g/mol. The maximum absolute atomic E-state index is 12.0. The molecule has 0 spiro atoms. The second kappa shape index (κ2) is 5.40. The van der Waals surface area contributed by atoms with Crippen LogP contribution in [-0.2, 0) is 13.6 Å². The Morgan fingerprint density at radius 1 is 1.47 bits per heavy atom. The lowest BCUT2D eigenvalue weighted by Crippen LogP contribution is -2.23. The maximum atomic E-state index is 12.0. The largest absolute Gasteiger partial charge is 0.348 e. The van der Waals surface area contributed by atoms with E-state index in [-0.39, 0.29) is 5.91 Å². The Balaban J connectivity index is 2.11. The number of nitrogens with zero attached hydrogens (tertiary/aromatic N) is 3. The van der Waals surface area contributed by atoms with Gasteiger partial charge in [-0.3, -0.25) is 14.5 Å². The number of rotatable bonds is 3. The third-order valence-corrected chi connectivity index (χ3v) is 3.43. The van der Waals surface area contributed by atoms with Crippen molar-refractivity contribution in [2.24, 2.45) is 7.05 Å². The van der Waals surface area contributed by atoms with Crippen LogP contribution in [0.5, 0.6) is 0 Å². The number of carbonyl (C=O) groups is 1. The highest BCUT2D eigenvalue weighted by Crippen LogP contribution is 2.15. The van der Waals surface area contributed by atoms with Gasteiger partial charge in [-0.1, -0.05) is 11.6 Å². The summed E-state index contributed by atoms with van der Waals surface area (Å²) in [4.78, 5) is 15.9. The van der Waals surface area contributed by atoms with Gasteiger partial charge in [0.1, 0.15) is 0 Å². The molecule has 19 heavy (non-hydrogen) atoms. The summed E-state index contributed by atoms with van der Waals surface area (Å²) in [6, 6.07) is 1.59. The second-order valence-corrected chi connectivity index (χ2v) is 4.72. The highest BCUT2D eigenvalue weighted by Gasteiger charge is 2.13. The van der Waals surface area contributed by atoms with E-state index in [1.807, 2.05) is 20.9 Å². The van der Waals surface area contributed by atoms with Gasteiger partial charge in [0, 0.05) is 37.2 Å². The first kappa shape index (κ1) is 13.5. The summed E-state index contributed by atoms with van der Waals surface area (Å²) < 4.78 is 1.80. The number of amides is 1. The molecule has 2 aromatic rings. The van der Waals surface area contributed by atoms with Crippen molar-refractivity contribution in [2.75, 3.05) is 0 Å². The van der Waals surface area contributed by atoms with Crippen molar-refractivity contribution >= 4 is 17.5 Å². The van der Waals surface area contributed by atoms with Gasteiger partial charge in [0.2, 0.25) is 0 Å². The number of aromatic nitrogens is 3. The molecule has 2 aromatic heterocycles. The molecule has 0 aliphatic heterocycles. The predicted octanol–water partition coefficient (Wildman–Crippen LogP) is 2.02. The van der Waals surface area contributed by atoms with E-state index in [2.05, 4.69) is 15.4 Å². The number of hydrogen-bond donors (Lipinski definition) is 1. The zero-order valence-corrected chi connectivity index (χ0v) is 11.8. The molecule has 2 rings (SSSR count). The Kier molecular flexibility index (Phi) is 3.85. The molecule has 0 saturated heterocycles. The van der Waals surface area contributed by atoms with Crippen LogP contribution in [0.15, 0.2) is 18.5 Å². The monoisotopic (exact) mass is 278 g/mol. The Morgan fingerprint density at radius 2 is 2.21 bits per heavy atom. The van der Waals surface area contributed by atoms with Crippen LogP contribution >= 0.6 is 11.6 Å². The van der Waals surface area contributed by atoms with E-state index < -0.39 is 0 Å². The number of hydrogen-bond acceptors (Lipinski definition) is 3. The van der Waals surface area contributed by atoms with Crippen LogP contribution in [0.3, 0.4) is 0 Å². The van der Waals surface area contributed by atoms with Crippen LogP contribution in [0.4, 0.5) is 0 Å². The smallest absolute Gasteiger partial charge is 0.254 e. The fraction of sp³-hybridized carbons (Fsp3) is 0.308. The summed E-state index contributed by atoms with van der Waals surface area (Å²) in [5.74, 6) is -0.235. The lowest BCUT2D eigenvalue weighted by Gasteiger charge is -2.06. The summed E-state index contributed by atoms with van der Waals surface area (Å²) in [6.45, 7) is 4.32. The molecule has 0 aliphatic carbocycles. The van der Waals surface area contributed by atoms with Gasteiger partial charge < -0.3 is 5.32 Å². The number of nitrogens with one attached hydrogen (secondary N) is 1. The minimum atomic E-state index is -0.235. The van der Waals surface area contributed by atoms with Crippen LogP contribution in [0.1, 0.15) is 27.3 Å². The second-order valence-electron chi connectivity index (χ2n) is 4.31. The third-order valence-electron chi connectivity index (χ3n) is 3.10. The lowest BCUT2D eigenvalue weighted by molar-refractivity contribution is 0.0950. The highest BCUT2D eigenvalue weighted by molar-refractivity contribution is 6.33. The van der Waals surface area contributed by atoms with Crippen LogP contribution in [0, 0.1) is 13.8 Å². The fourth-order valence-electron chi connectivity index (χ4n) is 1.88. The molecule has 0 radical (unpaired) electrons. The number of halogens is 1. The molecule has 0 bridgehead atoms. The van der Waals surface area contributed by atoms with Crippen LogP contribution in [-0.4, -0.2) is 20.7 Å². The van der Waals surface area contributed by atoms with Crippen molar-refractivity contribution < 1.29 is 4.79 Å². The molecule has 1 amide bonds. The van der Waals surface area contributed by atoms with Gasteiger partial charge in [-0.2, -0.15) is 5.10 Å². The van der Waals surface area contributed by atoms with E-state index >= 15 is 0 Å². The van der Waals surface area contributed by atoms with Crippen LogP contribution < -0.4 is 5.32 Å². The molecule has 0 aliphatic rings. The van der Waals surface area contributed by atoms with E-state index in [0.717, 1.165) is 17.0 Å². The van der Waals surface area contributed by atoms with Gasteiger partial charge in [0.15, 0.2) is 0 Å². The normalized spacial score (nSPS) is 10.5. The predicted molar refractivity (Wildman–Crippen MR) is 73.1 cm³/mol. The molecule has 0 unspecified atom stereocenters. The summed E-state index contributed by atoms with van der Waals surface area (Å²) in [7, 11) is 1.88. The lowest BCUT2D eigenvalue weighted by atomic mass is 10.2. The highest BCUT2D eigenvalue weighted by atomic mass is 35.5. The number of carbonyl (C=O) groups excluding carboxylic acids is 1. The maximum Gasteiger partial charge on any atom is 0.254 e. The van der Waals surface area contributed by atoms with Crippen molar-refractivity contribution in [3.63, 3.8) is 0 Å². The van der Waals surface area contributed by atoms with Gasteiger partial charge in [-0.25, -0.2) is 0 Å². The topological polar surface area (TPSA) is 59.8 Å². The average Bonchev–Trinajstić information content (AvgIpc) is 2.61. The zero-order chi connectivity index (χ0) is 14.0. The number of pyridine rings is 1. The first-order valence-electron chi connectivity index (χ1n) is 5.87.